The molecule has 0 aromatic heterocycles. The quantitative estimate of drug-likeness (QED) is 0.297. The highest BCUT2D eigenvalue weighted by Crippen LogP contribution is 2.48. The Kier molecular flexibility index (Phi) is 3.36. The Hall–Kier alpha value is -2.64. The second kappa shape index (κ2) is 5.72. The Morgan fingerprint density at radius 2 is 1.00 bits per heavy atom. The number of hydrogen-bond donors (Lipinski definition) is 0. The number of rotatable bonds is 2. The second-order valence-corrected chi connectivity index (χ2v) is 7.22. The maximum atomic E-state index is 3.66. The van der Waals surface area contributed by atoms with Gasteiger partial charge in [-0.2, -0.15) is 0 Å². The third kappa shape index (κ3) is 2.35. The van der Waals surface area contributed by atoms with Gasteiger partial charge in [-0.3, -0.25) is 0 Å². The smallest absolute Gasteiger partial charge is 0.0253 e. The first-order chi connectivity index (χ1) is 12.3. The molecule has 0 aliphatic heterocycles. The normalized spacial score (nSPS) is 11.4. The molecule has 4 aromatic carbocycles. The van der Waals surface area contributed by atoms with Crippen LogP contribution in [0.3, 0.4) is 0 Å². The zero-order valence-electron chi connectivity index (χ0n) is 13.5. The summed E-state index contributed by atoms with van der Waals surface area (Å²) in [6.45, 7) is 0. The first-order valence-corrected chi connectivity index (χ1v) is 9.20. The first kappa shape index (κ1) is 14.7. The molecule has 0 nitrogen and oxygen atoms in total. The summed E-state index contributed by atoms with van der Waals surface area (Å²) in [5.41, 5.74) is 10.4. The molecule has 1 aliphatic rings. The molecule has 1 aliphatic carbocycles. The van der Waals surface area contributed by atoms with E-state index in [4.69, 9.17) is 0 Å². The van der Waals surface area contributed by atoms with E-state index in [9.17, 15) is 0 Å². The molecule has 0 radical (unpaired) electrons. The van der Waals surface area contributed by atoms with Crippen molar-refractivity contribution in [1.29, 1.82) is 0 Å². The lowest BCUT2D eigenvalue weighted by molar-refractivity contribution is 1.51. The van der Waals surface area contributed by atoms with E-state index in [1.165, 1.54) is 44.5 Å². The molecule has 0 N–H and O–H groups in total. The summed E-state index contributed by atoms with van der Waals surface area (Å²) in [4.78, 5) is 0. The molecule has 4 aromatic rings. The maximum absolute atomic E-state index is 3.66. The van der Waals surface area contributed by atoms with Gasteiger partial charge in [0.2, 0.25) is 0 Å². The lowest BCUT2D eigenvalue weighted by atomic mass is 9.79. The minimum atomic E-state index is 1.12. The van der Waals surface area contributed by atoms with E-state index < -0.39 is 0 Å². The summed E-state index contributed by atoms with van der Waals surface area (Å²) in [5.74, 6) is 0. The monoisotopic (exact) mass is 382 g/mol. The fourth-order valence-electron chi connectivity index (χ4n) is 3.63. The number of halogens is 1. The maximum Gasteiger partial charge on any atom is 0.0253 e. The van der Waals surface area contributed by atoms with Crippen LogP contribution < -0.4 is 0 Å². The van der Waals surface area contributed by atoms with Crippen LogP contribution in [-0.4, -0.2) is 0 Å². The summed E-state index contributed by atoms with van der Waals surface area (Å²) in [6.07, 6.45) is 0. The van der Waals surface area contributed by atoms with Gasteiger partial charge >= 0.3 is 0 Å². The van der Waals surface area contributed by atoms with Crippen LogP contribution in [0.1, 0.15) is 0 Å². The highest BCUT2D eigenvalue weighted by Gasteiger charge is 2.21. The Morgan fingerprint density at radius 1 is 0.400 bits per heavy atom. The first-order valence-electron chi connectivity index (χ1n) is 8.40. The SMILES string of the molecule is Brc1ccccc1-c1cccc(-c2ccc3c(c2)-c2ccccc2-3)c1. The van der Waals surface area contributed by atoms with Crippen molar-refractivity contribution in [3.63, 3.8) is 0 Å². The summed E-state index contributed by atoms with van der Waals surface area (Å²) in [5, 5.41) is 0. The summed E-state index contributed by atoms with van der Waals surface area (Å²) < 4.78 is 1.12. The van der Waals surface area contributed by atoms with E-state index in [1.807, 2.05) is 6.07 Å². The summed E-state index contributed by atoms with van der Waals surface area (Å²) >= 11 is 3.66. The minimum Gasteiger partial charge on any atom is -0.0616 e. The van der Waals surface area contributed by atoms with Crippen molar-refractivity contribution in [2.75, 3.05) is 0 Å². The third-order valence-corrected chi connectivity index (χ3v) is 5.60. The van der Waals surface area contributed by atoms with Crippen molar-refractivity contribution in [2.24, 2.45) is 0 Å². The Morgan fingerprint density at radius 3 is 1.80 bits per heavy atom. The zero-order valence-corrected chi connectivity index (χ0v) is 15.1. The predicted molar refractivity (Wildman–Crippen MR) is 109 cm³/mol. The molecule has 0 spiro atoms. The van der Waals surface area contributed by atoms with Crippen molar-refractivity contribution < 1.29 is 0 Å². The lowest BCUT2D eigenvalue weighted by Crippen LogP contribution is -1.98. The Bertz CT molecular complexity index is 1110. The Labute approximate surface area is 155 Å². The predicted octanol–water partition coefficient (Wildman–Crippen LogP) is 7.43. The largest absolute Gasteiger partial charge is 0.0616 e. The van der Waals surface area contributed by atoms with Gasteiger partial charge in [-0.05, 0) is 62.7 Å². The van der Waals surface area contributed by atoms with Crippen LogP contribution in [0.25, 0.3) is 44.5 Å². The molecule has 0 bridgehead atoms. The van der Waals surface area contributed by atoms with Crippen molar-refractivity contribution in [1.82, 2.24) is 0 Å². The average Bonchev–Trinajstić information content (AvgIpc) is 2.66. The number of fused-ring (bicyclic) bond motifs is 4. The van der Waals surface area contributed by atoms with E-state index in [2.05, 4.69) is 101 Å². The molecule has 0 saturated carbocycles. The molecule has 0 saturated heterocycles. The fraction of sp³-hybridized carbons (Fsp3) is 0. The molecule has 1 heteroatoms. The van der Waals surface area contributed by atoms with Gasteiger partial charge < -0.3 is 0 Å². The number of benzene rings is 4. The van der Waals surface area contributed by atoms with Crippen LogP contribution in [0.4, 0.5) is 0 Å². The van der Waals surface area contributed by atoms with Gasteiger partial charge in [0.1, 0.15) is 0 Å². The van der Waals surface area contributed by atoms with Crippen LogP contribution in [0.2, 0.25) is 0 Å². The van der Waals surface area contributed by atoms with Gasteiger partial charge in [0.25, 0.3) is 0 Å². The molecule has 0 fully saturated rings. The van der Waals surface area contributed by atoms with Crippen LogP contribution in [0.5, 0.6) is 0 Å². The fourth-order valence-corrected chi connectivity index (χ4v) is 4.15. The molecule has 0 amide bonds. The third-order valence-electron chi connectivity index (χ3n) is 4.91. The number of hydrogen-bond acceptors (Lipinski definition) is 0. The van der Waals surface area contributed by atoms with E-state index in [0.29, 0.717) is 0 Å². The lowest BCUT2D eigenvalue weighted by Gasteiger charge is -2.24. The topological polar surface area (TPSA) is 0 Å². The van der Waals surface area contributed by atoms with Crippen molar-refractivity contribution in [3.05, 3.63) is 95.5 Å². The van der Waals surface area contributed by atoms with E-state index >= 15 is 0 Å². The van der Waals surface area contributed by atoms with E-state index in [-0.39, 0.29) is 0 Å². The summed E-state index contributed by atoms with van der Waals surface area (Å²) in [7, 11) is 0. The van der Waals surface area contributed by atoms with Gasteiger partial charge in [-0.15, -0.1) is 0 Å². The van der Waals surface area contributed by atoms with Gasteiger partial charge in [0, 0.05) is 4.47 Å². The van der Waals surface area contributed by atoms with Gasteiger partial charge in [-0.25, -0.2) is 0 Å². The molecule has 5 rings (SSSR count). The standard InChI is InChI=1S/C24H15Br/c25-24-11-4-3-8-19(24)18-7-5-6-16(14-18)17-12-13-22-20-9-1-2-10-21(20)23(22)15-17/h1-15H. The van der Waals surface area contributed by atoms with Gasteiger partial charge in [0.15, 0.2) is 0 Å². The van der Waals surface area contributed by atoms with Crippen LogP contribution >= 0.6 is 15.9 Å². The Balaban J connectivity index is 1.59. The molecular formula is C24H15Br. The van der Waals surface area contributed by atoms with Gasteiger partial charge in [-0.1, -0.05) is 88.7 Å². The van der Waals surface area contributed by atoms with E-state index in [1.54, 1.807) is 0 Å². The molecule has 0 atom stereocenters. The second-order valence-electron chi connectivity index (χ2n) is 6.37. The van der Waals surface area contributed by atoms with Gasteiger partial charge in [0.05, 0.1) is 0 Å². The summed E-state index contributed by atoms with van der Waals surface area (Å²) in [6, 6.07) is 32.5. The van der Waals surface area contributed by atoms with Crippen LogP contribution in [-0.2, 0) is 0 Å². The molecule has 25 heavy (non-hydrogen) atoms. The molecule has 0 heterocycles. The molecule has 0 unspecified atom stereocenters. The minimum absolute atomic E-state index is 1.12. The average molecular weight is 383 g/mol. The van der Waals surface area contributed by atoms with E-state index in [0.717, 1.165) is 4.47 Å². The molecule has 118 valence electrons. The zero-order chi connectivity index (χ0) is 16.8. The molecular weight excluding hydrogens is 368 g/mol. The highest BCUT2D eigenvalue weighted by molar-refractivity contribution is 9.10. The van der Waals surface area contributed by atoms with Crippen molar-refractivity contribution in [2.45, 2.75) is 0 Å². The van der Waals surface area contributed by atoms with Crippen LogP contribution in [0.15, 0.2) is 95.5 Å². The highest BCUT2D eigenvalue weighted by atomic mass is 79.9. The van der Waals surface area contributed by atoms with Crippen molar-refractivity contribution in [3.8, 4) is 44.5 Å². The van der Waals surface area contributed by atoms with Crippen LogP contribution in [0, 0.1) is 0 Å². The van der Waals surface area contributed by atoms with Crippen molar-refractivity contribution >= 4 is 15.9 Å².